The van der Waals surface area contributed by atoms with Crippen LogP contribution in [-0.2, 0) is 0 Å². The second kappa shape index (κ2) is 5.92. The van der Waals surface area contributed by atoms with Gasteiger partial charge >= 0.3 is 0 Å². The Morgan fingerprint density at radius 2 is 1.74 bits per heavy atom. The molecule has 0 N–H and O–H groups in total. The molecule has 0 saturated heterocycles. The van der Waals surface area contributed by atoms with Crippen molar-refractivity contribution in [3.05, 3.63) is 78.8 Å². The zero-order valence-corrected chi connectivity index (χ0v) is 14.6. The summed E-state index contributed by atoms with van der Waals surface area (Å²) in [6, 6.07) is 21.7. The van der Waals surface area contributed by atoms with Crippen molar-refractivity contribution < 1.29 is 9.21 Å². The average Bonchev–Trinajstić information content (AvgIpc) is 3.33. The standard InChI is InChI=1S/C22H15N3O2/c1-14(26)21-20(25-13-23-24-22(25)16-8-3-2-4-9-16)19-17-10-6-5-7-15(17)11-12-18(19)27-21/h2-13H,1H3. The fourth-order valence-corrected chi connectivity index (χ4v) is 3.50. The van der Waals surface area contributed by atoms with Crippen LogP contribution in [0, 0.1) is 0 Å². The van der Waals surface area contributed by atoms with Crippen LogP contribution < -0.4 is 0 Å². The van der Waals surface area contributed by atoms with Crippen LogP contribution in [-0.4, -0.2) is 20.5 Å². The Morgan fingerprint density at radius 3 is 2.56 bits per heavy atom. The second-order valence-corrected chi connectivity index (χ2v) is 6.39. The van der Waals surface area contributed by atoms with E-state index in [0.717, 1.165) is 21.7 Å². The molecule has 0 saturated carbocycles. The van der Waals surface area contributed by atoms with Crippen molar-refractivity contribution in [3.8, 4) is 17.1 Å². The minimum Gasteiger partial charge on any atom is -0.451 e. The molecule has 27 heavy (non-hydrogen) atoms. The minimum absolute atomic E-state index is 0.141. The lowest BCUT2D eigenvalue weighted by atomic mass is 10.0. The smallest absolute Gasteiger partial charge is 0.197 e. The molecule has 0 amide bonds. The summed E-state index contributed by atoms with van der Waals surface area (Å²) >= 11 is 0. The first kappa shape index (κ1) is 15.5. The number of ketones is 1. The molecule has 5 nitrogen and oxygen atoms in total. The Morgan fingerprint density at radius 1 is 0.963 bits per heavy atom. The van der Waals surface area contributed by atoms with Crippen molar-refractivity contribution in [2.75, 3.05) is 0 Å². The van der Waals surface area contributed by atoms with Gasteiger partial charge in [0, 0.05) is 12.5 Å². The van der Waals surface area contributed by atoms with E-state index in [0.29, 0.717) is 22.9 Å². The van der Waals surface area contributed by atoms with Gasteiger partial charge in [0.1, 0.15) is 17.6 Å². The highest BCUT2D eigenvalue weighted by Gasteiger charge is 2.23. The minimum atomic E-state index is -0.141. The Labute approximate surface area is 154 Å². The van der Waals surface area contributed by atoms with E-state index in [9.17, 15) is 4.79 Å². The van der Waals surface area contributed by atoms with Gasteiger partial charge in [0.2, 0.25) is 0 Å². The van der Waals surface area contributed by atoms with Crippen LogP contribution in [0.2, 0.25) is 0 Å². The third-order valence-corrected chi connectivity index (χ3v) is 4.70. The number of carbonyl (C=O) groups excluding carboxylic acids is 1. The highest BCUT2D eigenvalue weighted by Crippen LogP contribution is 2.37. The van der Waals surface area contributed by atoms with E-state index in [4.69, 9.17) is 4.42 Å². The lowest BCUT2D eigenvalue weighted by molar-refractivity contribution is 0.0989. The van der Waals surface area contributed by atoms with Crippen molar-refractivity contribution in [2.45, 2.75) is 6.92 Å². The summed E-state index contributed by atoms with van der Waals surface area (Å²) in [5.74, 6) is 0.824. The summed E-state index contributed by atoms with van der Waals surface area (Å²) in [6.07, 6.45) is 1.63. The van der Waals surface area contributed by atoms with E-state index in [1.54, 1.807) is 6.33 Å². The second-order valence-electron chi connectivity index (χ2n) is 6.39. The average molecular weight is 353 g/mol. The van der Waals surface area contributed by atoms with Crippen LogP contribution in [0.15, 0.2) is 77.5 Å². The predicted molar refractivity (Wildman–Crippen MR) is 104 cm³/mol. The third-order valence-electron chi connectivity index (χ3n) is 4.70. The van der Waals surface area contributed by atoms with Gasteiger partial charge < -0.3 is 4.42 Å². The molecule has 5 heteroatoms. The maximum Gasteiger partial charge on any atom is 0.197 e. The van der Waals surface area contributed by atoms with Gasteiger partial charge in [-0.15, -0.1) is 10.2 Å². The van der Waals surface area contributed by atoms with Gasteiger partial charge in [-0.25, -0.2) is 0 Å². The molecule has 5 rings (SSSR count). The van der Waals surface area contributed by atoms with Crippen molar-refractivity contribution in [1.29, 1.82) is 0 Å². The number of nitrogens with zero attached hydrogens (tertiary/aromatic N) is 3. The number of carbonyl (C=O) groups is 1. The van der Waals surface area contributed by atoms with Gasteiger partial charge in [-0.2, -0.15) is 0 Å². The third kappa shape index (κ3) is 2.36. The lowest BCUT2D eigenvalue weighted by Gasteiger charge is -2.08. The fraction of sp³-hybridized carbons (Fsp3) is 0.0455. The van der Waals surface area contributed by atoms with Crippen molar-refractivity contribution >= 4 is 27.5 Å². The summed E-state index contributed by atoms with van der Waals surface area (Å²) in [5.41, 5.74) is 2.26. The number of hydrogen-bond acceptors (Lipinski definition) is 4. The molecule has 2 heterocycles. The molecule has 0 bridgehead atoms. The summed E-state index contributed by atoms with van der Waals surface area (Å²) in [5, 5.41) is 11.4. The highest BCUT2D eigenvalue weighted by molar-refractivity contribution is 6.14. The van der Waals surface area contributed by atoms with E-state index < -0.39 is 0 Å². The molecule has 0 spiro atoms. The van der Waals surface area contributed by atoms with Gasteiger partial charge in [-0.05, 0) is 16.8 Å². The molecule has 2 aromatic heterocycles. The quantitative estimate of drug-likeness (QED) is 0.427. The topological polar surface area (TPSA) is 60.9 Å². The number of Topliss-reactive ketones (excluding diaryl/α,β-unsaturated/α-hetero) is 1. The number of rotatable bonds is 3. The summed E-state index contributed by atoms with van der Waals surface area (Å²) in [7, 11) is 0. The summed E-state index contributed by atoms with van der Waals surface area (Å²) < 4.78 is 7.80. The number of benzene rings is 3. The normalized spacial score (nSPS) is 11.3. The monoisotopic (exact) mass is 353 g/mol. The Hall–Kier alpha value is -3.73. The molecule has 0 aliphatic rings. The van der Waals surface area contributed by atoms with E-state index >= 15 is 0 Å². The van der Waals surface area contributed by atoms with E-state index in [-0.39, 0.29) is 5.78 Å². The number of fused-ring (bicyclic) bond motifs is 3. The van der Waals surface area contributed by atoms with Gasteiger partial charge in [0.15, 0.2) is 17.4 Å². The Balaban J connectivity index is 1.91. The van der Waals surface area contributed by atoms with E-state index in [1.807, 2.05) is 71.3 Å². The molecule has 5 aromatic rings. The molecule has 0 aliphatic carbocycles. The molecule has 0 aliphatic heterocycles. The number of furan rings is 1. The van der Waals surface area contributed by atoms with Crippen LogP contribution in [0.5, 0.6) is 0 Å². The van der Waals surface area contributed by atoms with Crippen molar-refractivity contribution in [1.82, 2.24) is 14.8 Å². The van der Waals surface area contributed by atoms with E-state index in [1.165, 1.54) is 6.92 Å². The van der Waals surface area contributed by atoms with Crippen LogP contribution in [0.1, 0.15) is 17.5 Å². The van der Waals surface area contributed by atoms with Crippen LogP contribution >= 0.6 is 0 Å². The molecule has 3 aromatic carbocycles. The largest absolute Gasteiger partial charge is 0.451 e. The van der Waals surface area contributed by atoms with E-state index in [2.05, 4.69) is 10.2 Å². The molecular weight excluding hydrogens is 338 g/mol. The first-order valence-electron chi connectivity index (χ1n) is 8.65. The first-order valence-corrected chi connectivity index (χ1v) is 8.65. The van der Waals surface area contributed by atoms with Crippen LogP contribution in [0.4, 0.5) is 0 Å². The van der Waals surface area contributed by atoms with Gasteiger partial charge in [0.05, 0.1) is 5.39 Å². The first-order chi connectivity index (χ1) is 13.2. The van der Waals surface area contributed by atoms with Gasteiger partial charge in [0.25, 0.3) is 0 Å². The molecule has 0 radical (unpaired) electrons. The number of aromatic nitrogens is 3. The SMILES string of the molecule is CC(=O)c1oc2ccc3ccccc3c2c1-n1cnnc1-c1ccccc1. The van der Waals surface area contributed by atoms with Gasteiger partial charge in [-0.3, -0.25) is 9.36 Å². The molecule has 130 valence electrons. The highest BCUT2D eigenvalue weighted by atomic mass is 16.3. The Kier molecular flexibility index (Phi) is 3.40. The molecule has 0 unspecified atom stereocenters. The fourth-order valence-electron chi connectivity index (χ4n) is 3.50. The van der Waals surface area contributed by atoms with Crippen LogP contribution in [0.3, 0.4) is 0 Å². The lowest BCUT2D eigenvalue weighted by Crippen LogP contribution is -2.02. The maximum atomic E-state index is 12.4. The zero-order chi connectivity index (χ0) is 18.4. The van der Waals surface area contributed by atoms with Crippen LogP contribution in [0.25, 0.3) is 38.8 Å². The summed E-state index contributed by atoms with van der Waals surface area (Å²) in [6.45, 7) is 1.51. The molecule has 0 fully saturated rings. The zero-order valence-electron chi connectivity index (χ0n) is 14.6. The maximum absolute atomic E-state index is 12.4. The summed E-state index contributed by atoms with van der Waals surface area (Å²) in [4.78, 5) is 12.4. The van der Waals surface area contributed by atoms with Gasteiger partial charge in [-0.1, -0.05) is 60.7 Å². The number of hydrogen-bond donors (Lipinski definition) is 0. The van der Waals surface area contributed by atoms with Crippen molar-refractivity contribution in [2.24, 2.45) is 0 Å². The van der Waals surface area contributed by atoms with Crippen molar-refractivity contribution in [3.63, 3.8) is 0 Å². The Bertz CT molecular complexity index is 1300. The molecule has 0 atom stereocenters. The molecular formula is C22H15N3O2. The predicted octanol–water partition coefficient (Wildman–Crippen LogP) is 5.04.